The third kappa shape index (κ3) is 3.18. The highest BCUT2D eigenvalue weighted by Crippen LogP contribution is 2.38. The van der Waals surface area contributed by atoms with Gasteiger partial charge in [-0.3, -0.25) is 4.72 Å². The summed E-state index contributed by atoms with van der Waals surface area (Å²) < 4.78 is 29.2. The Hall–Kier alpha value is -1.86. The molecule has 2 atom stereocenters. The lowest BCUT2D eigenvalue weighted by molar-refractivity contribution is 0.238. The van der Waals surface area contributed by atoms with Crippen molar-refractivity contribution >= 4 is 15.7 Å². The van der Waals surface area contributed by atoms with Crippen molar-refractivity contribution in [2.24, 2.45) is 13.0 Å². The number of aryl methyl sites for hydroxylation is 1. The molecule has 2 aromatic rings. The van der Waals surface area contributed by atoms with Crippen LogP contribution < -0.4 is 10.0 Å². The van der Waals surface area contributed by atoms with E-state index in [1.807, 2.05) is 12.1 Å². The molecule has 1 aliphatic heterocycles. The van der Waals surface area contributed by atoms with Gasteiger partial charge in [0.15, 0.2) is 5.03 Å². The molecule has 3 rings (SSSR count). The second-order valence-corrected chi connectivity index (χ2v) is 8.47. The van der Waals surface area contributed by atoms with Crippen molar-refractivity contribution in [1.29, 1.82) is 0 Å². The van der Waals surface area contributed by atoms with Crippen molar-refractivity contribution in [3.8, 4) is 0 Å². The molecule has 0 bridgehead atoms. The number of nitrogens with zero attached hydrogens (tertiary/aromatic N) is 2. The molecule has 1 aliphatic rings. The summed E-state index contributed by atoms with van der Waals surface area (Å²) in [5.41, 5.74) is 1.78. The molecule has 0 saturated carbocycles. The molecule has 1 aromatic carbocycles. The molecule has 0 radical (unpaired) electrons. The molecule has 7 heteroatoms. The van der Waals surface area contributed by atoms with Gasteiger partial charge in [0.25, 0.3) is 10.0 Å². The van der Waals surface area contributed by atoms with Gasteiger partial charge in [-0.1, -0.05) is 26.0 Å². The standard InChI is InChI=1S/C17H24N4O2S/c1-13-10-18-8-7-17(13,2)14-5-4-6-15(9-14)20-24(22,23)16-11-21(3)12-19-16/h4-6,9,11-13,18,20H,7-8,10H2,1-3H3/t13-,17-/m0/s1. The second-order valence-electron chi connectivity index (χ2n) is 6.84. The number of hydrogen-bond donors (Lipinski definition) is 2. The van der Waals surface area contributed by atoms with Crippen LogP contribution >= 0.6 is 0 Å². The zero-order valence-electron chi connectivity index (χ0n) is 14.3. The highest BCUT2D eigenvalue weighted by molar-refractivity contribution is 7.92. The van der Waals surface area contributed by atoms with Crippen LogP contribution in [0, 0.1) is 5.92 Å². The number of nitrogens with one attached hydrogen (secondary N) is 2. The smallest absolute Gasteiger partial charge is 0.280 e. The number of aromatic nitrogens is 2. The molecular formula is C17H24N4O2S. The SMILES string of the molecule is C[C@H]1CNCC[C@]1(C)c1cccc(NS(=O)(=O)c2cn(C)cn2)c1. The summed E-state index contributed by atoms with van der Waals surface area (Å²) >= 11 is 0. The van der Waals surface area contributed by atoms with Crippen LogP contribution in [0.1, 0.15) is 25.8 Å². The first-order valence-electron chi connectivity index (χ1n) is 8.13. The van der Waals surface area contributed by atoms with Crippen molar-refractivity contribution in [1.82, 2.24) is 14.9 Å². The number of piperidine rings is 1. The Morgan fingerprint density at radius 2 is 2.21 bits per heavy atom. The largest absolute Gasteiger partial charge is 0.339 e. The quantitative estimate of drug-likeness (QED) is 0.887. The summed E-state index contributed by atoms with van der Waals surface area (Å²) in [7, 11) is -1.93. The van der Waals surface area contributed by atoms with E-state index in [4.69, 9.17) is 0 Å². The monoisotopic (exact) mass is 348 g/mol. The summed E-state index contributed by atoms with van der Waals surface area (Å²) in [5.74, 6) is 0.480. The van der Waals surface area contributed by atoms with E-state index in [9.17, 15) is 8.42 Å². The zero-order chi connectivity index (χ0) is 17.4. The minimum atomic E-state index is -3.67. The molecular weight excluding hydrogens is 324 g/mol. The summed E-state index contributed by atoms with van der Waals surface area (Å²) in [6.07, 6.45) is 4.00. The molecule has 2 N–H and O–H groups in total. The van der Waals surface area contributed by atoms with E-state index in [0.717, 1.165) is 25.1 Å². The predicted octanol–water partition coefficient (Wildman–Crippen LogP) is 2.11. The highest BCUT2D eigenvalue weighted by atomic mass is 32.2. The first-order chi connectivity index (χ1) is 11.3. The van der Waals surface area contributed by atoms with Gasteiger partial charge in [0.2, 0.25) is 0 Å². The minimum Gasteiger partial charge on any atom is -0.339 e. The summed E-state index contributed by atoms with van der Waals surface area (Å²) in [5, 5.41) is 3.44. The Labute approximate surface area is 143 Å². The number of hydrogen-bond acceptors (Lipinski definition) is 4. The minimum absolute atomic E-state index is 0.0249. The van der Waals surface area contributed by atoms with Crippen LogP contribution in [0.15, 0.2) is 41.8 Å². The molecule has 1 aromatic heterocycles. The average Bonchev–Trinajstić information content (AvgIpc) is 2.98. The van der Waals surface area contributed by atoms with Crippen LogP contribution in [0.4, 0.5) is 5.69 Å². The Balaban J connectivity index is 1.88. The molecule has 6 nitrogen and oxygen atoms in total. The van der Waals surface area contributed by atoms with E-state index in [2.05, 4.69) is 34.9 Å². The van der Waals surface area contributed by atoms with E-state index < -0.39 is 10.0 Å². The lowest BCUT2D eigenvalue weighted by Gasteiger charge is -2.40. The van der Waals surface area contributed by atoms with Crippen LogP contribution in [-0.4, -0.2) is 31.1 Å². The molecule has 24 heavy (non-hydrogen) atoms. The van der Waals surface area contributed by atoms with Crippen LogP contribution in [-0.2, 0) is 22.5 Å². The topological polar surface area (TPSA) is 76.0 Å². The van der Waals surface area contributed by atoms with E-state index in [0.29, 0.717) is 11.6 Å². The number of imidazole rings is 1. The average molecular weight is 348 g/mol. The van der Waals surface area contributed by atoms with Crippen molar-refractivity contribution in [3.63, 3.8) is 0 Å². The van der Waals surface area contributed by atoms with Gasteiger partial charge in [-0.2, -0.15) is 8.42 Å². The number of sulfonamides is 1. The zero-order valence-corrected chi connectivity index (χ0v) is 15.1. The third-order valence-electron chi connectivity index (χ3n) is 5.09. The molecule has 1 fully saturated rings. The molecule has 2 heterocycles. The summed E-state index contributed by atoms with van der Waals surface area (Å²) in [6.45, 7) is 6.44. The lowest BCUT2D eigenvalue weighted by atomic mass is 9.68. The Morgan fingerprint density at radius 1 is 1.42 bits per heavy atom. The molecule has 0 aliphatic carbocycles. The van der Waals surface area contributed by atoms with Crippen molar-refractivity contribution in [2.75, 3.05) is 17.8 Å². The van der Waals surface area contributed by atoms with Gasteiger partial charge in [-0.15, -0.1) is 0 Å². The number of anilines is 1. The molecule has 130 valence electrons. The van der Waals surface area contributed by atoms with E-state index in [-0.39, 0.29) is 10.4 Å². The van der Waals surface area contributed by atoms with Crippen LogP contribution in [0.2, 0.25) is 0 Å². The maximum Gasteiger partial charge on any atom is 0.280 e. The molecule has 0 spiro atoms. The fourth-order valence-corrected chi connectivity index (χ4v) is 4.27. The van der Waals surface area contributed by atoms with Crippen molar-refractivity contribution in [2.45, 2.75) is 30.7 Å². The van der Waals surface area contributed by atoms with E-state index in [1.54, 1.807) is 17.7 Å². The van der Waals surface area contributed by atoms with Gasteiger partial charge in [0, 0.05) is 18.9 Å². The van der Waals surface area contributed by atoms with Gasteiger partial charge in [-0.25, -0.2) is 4.98 Å². The molecule has 0 amide bonds. The fourth-order valence-electron chi connectivity index (χ4n) is 3.24. The molecule has 1 saturated heterocycles. The first-order valence-corrected chi connectivity index (χ1v) is 9.62. The third-order valence-corrected chi connectivity index (χ3v) is 6.36. The van der Waals surface area contributed by atoms with Gasteiger partial charge in [-0.05, 0) is 48.5 Å². The maximum atomic E-state index is 12.4. The number of rotatable bonds is 4. The van der Waals surface area contributed by atoms with Gasteiger partial charge >= 0.3 is 0 Å². The normalized spacial score (nSPS) is 24.7. The van der Waals surface area contributed by atoms with Gasteiger partial charge < -0.3 is 9.88 Å². The van der Waals surface area contributed by atoms with Crippen molar-refractivity contribution in [3.05, 3.63) is 42.4 Å². The van der Waals surface area contributed by atoms with Crippen LogP contribution in [0.25, 0.3) is 0 Å². The van der Waals surface area contributed by atoms with Crippen molar-refractivity contribution < 1.29 is 8.42 Å². The Kier molecular flexibility index (Phi) is 4.40. The van der Waals surface area contributed by atoms with Crippen LogP contribution in [0.3, 0.4) is 0 Å². The summed E-state index contributed by atoms with van der Waals surface area (Å²) in [4.78, 5) is 3.93. The highest BCUT2D eigenvalue weighted by Gasteiger charge is 2.35. The maximum absolute atomic E-state index is 12.4. The van der Waals surface area contributed by atoms with E-state index >= 15 is 0 Å². The fraction of sp³-hybridized carbons (Fsp3) is 0.471. The lowest BCUT2D eigenvalue weighted by Crippen LogP contribution is -2.44. The van der Waals surface area contributed by atoms with Crippen LogP contribution in [0.5, 0.6) is 0 Å². The van der Waals surface area contributed by atoms with Gasteiger partial charge in [0.1, 0.15) is 0 Å². The Bertz CT molecular complexity index is 831. The second kappa shape index (κ2) is 6.22. The predicted molar refractivity (Wildman–Crippen MR) is 94.5 cm³/mol. The Morgan fingerprint density at radius 3 is 2.88 bits per heavy atom. The molecule has 0 unspecified atom stereocenters. The summed E-state index contributed by atoms with van der Waals surface area (Å²) in [6, 6.07) is 7.72. The number of benzene rings is 1. The van der Waals surface area contributed by atoms with E-state index in [1.165, 1.54) is 12.5 Å². The van der Waals surface area contributed by atoms with Gasteiger partial charge in [0.05, 0.1) is 6.33 Å². The first kappa shape index (κ1) is 17.0.